The molecule has 0 saturated carbocycles. The fourth-order valence-corrected chi connectivity index (χ4v) is 3.30. The molecular weight excluding hydrogens is 404 g/mol. The van der Waals surface area contributed by atoms with E-state index < -0.39 is 6.04 Å². The lowest BCUT2D eigenvalue weighted by molar-refractivity contribution is -0.140. The van der Waals surface area contributed by atoms with Gasteiger partial charge in [0.15, 0.2) is 0 Å². The van der Waals surface area contributed by atoms with Crippen LogP contribution in [0.4, 0.5) is 0 Å². The molecule has 0 saturated heterocycles. The van der Waals surface area contributed by atoms with Crippen LogP contribution in [0.25, 0.3) is 0 Å². The van der Waals surface area contributed by atoms with Crippen LogP contribution in [0.15, 0.2) is 54.6 Å². The molecule has 6 nitrogen and oxygen atoms in total. The zero-order valence-electron chi connectivity index (χ0n) is 19.7. The highest BCUT2D eigenvalue weighted by molar-refractivity contribution is 5.87. The summed E-state index contributed by atoms with van der Waals surface area (Å²) in [5.41, 5.74) is 2.05. The summed E-state index contributed by atoms with van der Waals surface area (Å²) in [5.74, 6) is 0.552. The molecule has 1 atom stereocenters. The summed E-state index contributed by atoms with van der Waals surface area (Å²) in [4.78, 5) is 27.6. The molecule has 0 heterocycles. The van der Waals surface area contributed by atoms with E-state index in [4.69, 9.17) is 9.47 Å². The number of amides is 2. The van der Waals surface area contributed by atoms with Crippen LogP contribution in [0, 0.1) is 0 Å². The number of carbonyl (C=O) groups is 2. The molecule has 174 valence electrons. The van der Waals surface area contributed by atoms with Gasteiger partial charge in [0.1, 0.15) is 11.8 Å². The Kier molecular flexibility index (Phi) is 10.7. The largest absolute Gasteiger partial charge is 0.497 e. The molecule has 2 rings (SSSR count). The number of methoxy groups -OCH3 is 1. The molecule has 0 radical (unpaired) electrons. The van der Waals surface area contributed by atoms with E-state index in [0.29, 0.717) is 32.5 Å². The first kappa shape index (κ1) is 25.4. The van der Waals surface area contributed by atoms with Gasteiger partial charge in [0, 0.05) is 26.1 Å². The maximum Gasteiger partial charge on any atom is 0.242 e. The molecule has 6 heteroatoms. The van der Waals surface area contributed by atoms with Crippen molar-refractivity contribution >= 4 is 11.8 Å². The Balaban J connectivity index is 2.02. The minimum absolute atomic E-state index is 0.0459. The SMILES string of the molecule is COc1ccc(CN(C(=O)CCc2ccccc2)C(C)C(=O)NCCCOC(C)C)cc1. The van der Waals surface area contributed by atoms with Gasteiger partial charge in [0.25, 0.3) is 0 Å². The van der Waals surface area contributed by atoms with Crippen molar-refractivity contribution in [2.45, 2.75) is 58.7 Å². The molecule has 0 fully saturated rings. The normalized spacial score (nSPS) is 11.8. The summed E-state index contributed by atoms with van der Waals surface area (Å²) in [6.45, 7) is 7.23. The molecule has 0 aliphatic heterocycles. The lowest BCUT2D eigenvalue weighted by Gasteiger charge is -2.29. The van der Waals surface area contributed by atoms with E-state index in [9.17, 15) is 9.59 Å². The van der Waals surface area contributed by atoms with Crippen LogP contribution in [0.5, 0.6) is 5.75 Å². The number of aryl methyl sites for hydroxylation is 1. The van der Waals surface area contributed by atoms with Crippen molar-refractivity contribution in [1.29, 1.82) is 0 Å². The number of ether oxygens (including phenoxy) is 2. The summed E-state index contributed by atoms with van der Waals surface area (Å²) < 4.78 is 10.7. The highest BCUT2D eigenvalue weighted by Gasteiger charge is 2.25. The predicted octanol–water partition coefficient (Wildman–Crippen LogP) is 3.98. The van der Waals surface area contributed by atoms with E-state index in [1.165, 1.54) is 0 Å². The molecule has 1 unspecified atom stereocenters. The van der Waals surface area contributed by atoms with Gasteiger partial charge >= 0.3 is 0 Å². The molecule has 2 aromatic carbocycles. The van der Waals surface area contributed by atoms with Crippen LogP contribution < -0.4 is 10.1 Å². The van der Waals surface area contributed by atoms with Crippen molar-refractivity contribution in [2.24, 2.45) is 0 Å². The third-order valence-corrected chi connectivity index (χ3v) is 5.22. The molecule has 2 aromatic rings. The Labute approximate surface area is 191 Å². The topological polar surface area (TPSA) is 67.9 Å². The Morgan fingerprint density at radius 1 is 0.969 bits per heavy atom. The van der Waals surface area contributed by atoms with Crippen molar-refractivity contribution in [3.8, 4) is 5.75 Å². The molecule has 0 aromatic heterocycles. The van der Waals surface area contributed by atoms with Gasteiger partial charge in [-0.15, -0.1) is 0 Å². The zero-order valence-corrected chi connectivity index (χ0v) is 19.7. The number of hydrogen-bond donors (Lipinski definition) is 1. The van der Waals surface area contributed by atoms with E-state index in [2.05, 4.69) is 5.32 Å². The van der Waals surface area contributed by atoms with E-state index in [0.717, 1.165) is 23.3 Å². The molecule has 0 spiro atoms. The first-order valence-corrected chi connectivity index (χ1v) is 11.3. The van der Waals surface area contributed by atoms with Crippen LogP contribution in [-0.4, -0.2) is 49.1 Å². The zero-order chi connectivity index (χ0) is 23.3. The highest BCUT2D eigenvalue weighted by Crippen LogP contribution is 2.16. The smallest absolute Gasteiger partial charge is 0.242 e. The number of nitrogens with zero attached hydrogens (tertiary/aromatic N) is 1. The average Bonchev–Trinajstić information content (AvgIpc) is 2.81. The van der Waals surface area contributed by atoms with Crippen LogP contribution >= 0.6 is 0 Å². The maximum absolute atomic E-state index is 13.1. The third-order valence-electron chi connectivity index (χ3n) is 5.22. The van der Waals surface area contributed by atoms with Crippen LogP contribution in [0.3, 0.4) is 0 Å². The molecule has 1 N–H and O–H groups in total. The first-order valence-electron chi connectivity index (χ1n) is 11.3. The minimum Gasteiger partial charge on any atom is -0.497 e. The molecule has 0 bridgehead atoms. The van der Waals surface area contributed by atoms with Gasteiger partial charge in [-0.2, -0.15) is 0 Å². The molecule has 0 aliphatic carbocycles. The van der Waals surface area contributed by atoms with Gasteiger partial charge in [-0.3, -0.25) is 9.59 Å². The quantitative estimate of drug-likeness (QED) is 0.479. The number of carbonyl (C=O) groups excluding carboxylic acids is 2. The van der Waals surface area contributed by atoms with Gasteiger partial charge in [-0.1, -0.05) is 42.5 Å². The molecule has 2 amide bonds. The highest BCUT2D eigenvalue weighted by atomic mass is 16.5. The van der Waals surface area contributed by atoms with Gasteiger partial charge < -0.3 is 19.7 Å². The monoisotopic (exact) mass is 440 g/mol. The van der Waals surface area contributed by atoms with Gasteiger partial charge in [-0.25, -0.2) is 0 Å². The lowest BCUT2D eigenvalue weighted by atomic mass is 10.1. The number of rotatable bonds is 13. The van der Waals surface area contributed by atoms with E-state index in [1.807, 2.05) is 68.4 Å². The maximum atomic E-state index is 13.1. The number of benzene rings is 2. The summed E-state index contributed by atoms with van der Waals surface area (Å²) in [6.07, 6.45) is 1.89. The Bertz CT molecular complexity index is 821. The second-order valence-corrected chi connectivity index (χ2v) is 8.10. The minimum atomic E-state index is -0.577. The Morgan fingerprint density at radius 3 is 2.28 bits per heavy atom. The van der Waals surface area contributed by atoms with Crippen LogP contribution in [-0.2, 0) is 27.3 Å². The van der Waals surface area contributed by atoms with Crippen molar-refractivity contribution in [1.82, 2.24) is 10.2 Å². The second-order valence-electron chi connectivity index (χ2n) is 8.10. The van der Waals surface area contributed by atoms with Crippen molar-refractivity contribution in [3.05, 3.63) is 65.7 Å². The van der Waals surface area contributed by atoms with Gasteiger partial charge in [0.2, 0.25) is 11.8 Å². The summed E-state index contributed by atoms with van der Waals surface area (Å²) in [5, 5.41) is 2.94. The fourth-order valence-electron chi connectivity index (χ4n) is 3.30. The van der Waals surface area contributed by atoms with E-state index >= 15 is 0 Å². The third kappa shape index (κ3) is 8.71. The van der Waals surface area contributed by atoms with Crippen molar-refractivity contribution in [3.63, 3.8) is 0 Å². The molecule has 0 aliphatic rings. The average molecular weight is 441 g/mol. The Hall–Kier alpha value is -2.86. The van der Waals surface area contributed by atoms with Gasteiger partial charge in [0.05, 0.1) is 13.2 Å². The van der Waals surface area contributed by atoms with Crippen molar-refractivity contribution < 1.29 is 19.1 Å². The lowest BCUT2D eigenvalue weighted by Crippen LogP contribution is -2.48. The standard InChI is InChI=1S/C26H36N2O4/c1-20(2)32-18-8-17-27-26(30)21(3)28(19-23-11-14-24(31-4)15-12-23)25(29)16-13-22-9-6-5-7-10-22/h5-7,9-12,14-15,20-21H,8,13,16-19H2,1-4H3,(H,27,30). The summed E-state index contributed by atoms with van der Waals surface area (Å²) >= 11 is 0. The van der Waals surface area contributed by atoms with Gasteiger partial charge in [-0.05, 0) is 56.9 Å². The predicted molar refractivity (Wildman–Crippen MR) is 126 cm³/mol. The number of nitrogens with one attached hydrogen (secondary N) is 1. The second kappa shape index (κ2) is 13.5. The van der Waals surface area contributed by atoms with E-state index in [1.54, 1.807) is 18.9 Å². The molecular formula is C26H36N2O4. The van der Waals surface area contributed by atoms with Crippen molar-refractivity contribution in [2.75, 3.05) is 20.3 Å². The summed E-state index contributed by atoms with van der Waals surface area (Å²) in [6, 6.07) is 16.9. The number of hydrogen-bond acceptors (Lipinski definition) is 4. The van der Waals surface area contributed by atoms with Crippen LogP contribution in [0.2, 0.25) is 0 Å². The summed E-state index contributed by atoms with van der Waals surface area (Å²) in [7, 11) is 1.62. The Morgan fingerprint density at radius 2 is 1.66 bits per heavy atom. The van der Waals surface area contributed by atoms with Crippen LogP contribution in [0.1, 0.15) is 44.7 Å². The fraction of sp³-hybridized carbons (Fsp3) is 0.462. The molecule has 32 heavy (non-hydrogen) atoms. The van der Waals surface area contributed by atoms with E-state index in [-0.39, 0.29) is 17.9 Å². The first-order chi connectivity index (χ1) is 15.4.